The van der Waals surface area contributed by atoms with Gasteiger partial charge in [0, 0.05) is 0 Å². The van der Waals surface area contributed by atoms with Crippen LogP contribution in [-0.4, -0.2) is 24.4 Å². The van der Waals surface area contributed by atoms with Gasteiger partial charge in [-0.15, -0.1) is 0 Å². The molecule has 64 valence electrons. The summed E-state index contributed by atoms with van der Waals surface area (Å²) < 4.78 is 11.3. The molecule has 2 nitrogen and oxygen atoms in total. The summed E-state index contributed by atoms with van der Waals surface area (Å²) in [5, 5.41) is 0. The molecule has 2 aliphatic heterocycles. The molecule has 5 aliphatic rings. The summed E-state index contributed by atoms with van der Waals surface area (Å²) in [5.74, 6) is 3.77. The highest BCUT2D eigenvalue weighted by Crippen LogP contribution is 2.69. The van der Waals surface area contributed by atoms with Gasteiger partial charge >= 0.3 is 0 Å². The Morgan fingerprint density at radius 1 is 0.750 bits per heavy atom. The van der Waals surface area contributed by atoms with Crippen molar-refractivity contribution in [2.75, 3.05) is 0 Å². The fourth-order valence-electron chi connectivity index (χ4n) is 4.58. The number of epoxide rings is 2. The highest BCUT2D eigenvalue weighted by molar-refractivity contribution is 5.21. The van der Waals surface area contributed by atoms with Crippen LogP contribution in [0.2, 0.25) is 0 Å². The van der Waals surface area contributed by atoms with Gasteiger partial charge in [0.1, 0.15) is 0 Å². The second-order valence-corrected chi connectivity index (χ2v) is 5.24. The van der Waals surface area contributed by atoms with Crippen LogP contribution in [0.5, 0.6) is 0 Å². The molecule has 3 saturated carbocycles. The molecule has 8 atom stereocenters. The number of hydrogen-bond donors (Lipinski definition) is 0. The fraction of sp³-hybridized carbons (Fsp3) is 1.00. The molecular weight excluding hydrogens is 152 g/mol. The Balaban J connectivity index is 1.66. The van der Waals surface area contributed by atoms with Crippen molar-refractivity contribution >= 4 is 0 Å². The standard InChI is InChI=1S/C10H12O2/c1-4-3-2-6-10(11-6)7(3)5(1)9-8(4)12-9/h3-10H,1-2H2/t3-,4?,5?,6?,7?,8+,9?,10?/m0/s1. The van der Waals surface area contributed by atoms with Gasteiger partial charge in [0.05, 0.1) is 24.4 Å². The van der Waals surface area contributed by atoms with Crippen LogP contribution in [-0.2, 0) is 9.47 Å². The van der Waals surface area contributed by atoms with E-state index in [1.165, 1.54) is 12.8 Å². The summed E-state index contributed by atoms with van der Waals surface area (Å²) in [6.45, 7) is 0. The van der Waals surface area contributed by atoms with Crippen LogP contribution in [0.3, 0.4) is 0 Å². The second kappa shape index (κ2) is 1.38. The number of ether oxygens (including phenoxy) is 2. The molecule has 0 aromatic rings. The Kier molecular flexibility index (Phi) is 0.644. The maximum Gasteiger partial charge on any atom is 0.0876 e. The Labute approximate surface area is 71.2 Å². The van der Waals surface area contributed by atoms with Crippen molar-refractivity contribution in [2.45, 2.75) is 37.3 Å². The van der Waals surface area contributed by atoms with Gasteiger partial charge in [0.25, 0.3) is 0 Å². The minimum atomic E-state index is 0.676. The van der Waals surface area contributed by atoms with Crippen LogP contribution in [0.1, 0.15) is 12.8 Å². The summed E-state index contributed by atoms with van der Waals surface area (Å²) in [6, 6.07) is 0. The zero-order chi connectivity index (χ0) is 7.45. The summed E-state index contributed by atoms with van der Waals surface area (Å²) in [7, 11) is 0. The molecule has 2 bridgehead atoms. The predicted molar refractivity (Wildman–Crippen MR) is 40.5 cm³/mol. The third-order valence-corrected chi connectivity index (χ3v) is 4.99. The highest BCUT2D eigenvalue weighted by Gasteiger charge is 2.74. The van der Waals surface area contributed by atoms with Crippen LogP contribution < -0.4 is 0 Å². The molecule has 6 unspecified atom stereocenters. The predicted octanol–water partition coefficient (Wildman–Crippen LogP) is 0.807. The first kappa shape index (κ1) is 5.61. The summed E-state index contributed by atoms with van der Waals surface area (Å²) in [4.78, 5) is 0. The van der Waals surface area contributed by atoms with E-state index >= 15 is 0 Å². The SMILES string of the molecule is C1C2C3C4OC4C[C@H]3C1[C@H]1OC21. The van der Waals surface area contributed by atoms with Gasteiger partial charge in [-0.05, 0) is 36.5 Å². The molecule has 5 fully saturated rings. The molecular formula is C10H12O2. The van der Waals surface area contributed by atoms with E-state index in [0.717, 1.165) is 23.7 Å². The lowest BCUT2D eigenvalue weighted by Crippen LogP contribution is -2.27. The van der Waals surface area contributed by atoms with Crippen LogP contribution in [0.25, 0.3) is 0 Å². The summed E-state index contributed by atoms with van der Waals surface area (Å²) in [5.41, 5.74) is 0. The third kappa shape index (κ3) is 0.409. The van der Waals surface area contributed by atoms with Gasteiger partial charge in [-0.1, -0.05) is 0 Å². The average molecular weight is 164 g/mol. The quantitative estimate of drug-likeness (QED) is 0.495. The number of rotatable bonds is 0. The van der Waals surface area contributed by atoms with Gasteiger partial charge in [-0.25, -0.2) is 0 Å². The van der Waals surface area contributed by atoms with Gasteiger partial charge in [-0.2, -0.15) is 0 Å². The fourth-order valence-corrected chi connectivity index (χ4v) is 4.58. The zero-order valence-electron chi connectivity index (χ0n) is 6.85. The topological polar surface area (TPSA) is 25.1 Å². The molecule has 3 aliphatic carbocycles. The first-order valence-electron chi connectivity index (χ1n) is 5.24. The van der Waals surface area contributed by atoms with Gasteiger partial charge < -0.3 is 9.47 Å². The van der Waals surface area contributed by atoms with Gasteiger partial charge in [0.15, 0.2) is 0 Å². The van der Waals surface area contributed by atoms with Crippen molar-refractivity contribution in [3.63, 3.8) is 0 Å². The molecule has 0 N–H and O–H groups in total. The van der Waals surface area contributed by atoms with Crippen molar-refractivity contribution < 1.29 is 9.47 Å². The number of fused-ring (bicyclic) bond motifs is 10. The van der Waals surface area contributed by atoms with Crippen molar-refractivity contribution in [1.82, 2.24) is 0 Å². The van der Waals surface area contributed by atoms with E-state index < -0.39 is 0 Å². The molecule has 0 amide bonds. The summed E-state index contributed by atoms with van der Waals surface area (Å²) >= 11 is 0. The highest BCUT2D eigenvalue weighted by atomic mass is 16.6. The first-order chi connectivity index (χ1) is 5.93. The molecule has 0 spiro atoms. The molecule has 12 heavy (non-hydrogen) atoms. The van der Waals surface area contributed by atoms with Crippen molar-refractivity contribution in [2.24, 2.45) is 23.7 Å². The van der Waals surface area contributed by atoms with E-state index in [2.05, 4.69) is 0 Å². The lowest BCUT2D eigenvalue weighted by atomic mass is 9.81. The molecule has 2 heteroatoms. The van der Waals surface area contributed by atoms with E-state index in [1.807, 2.05) is 0 Å². The van der Waals surface area contributed by atoms with Crippen LogP contribution >= 0.6 is 0 Å². The van der Waals surface area contributed by atoms with Gasteiger partial charge in [-0.3, -0.25) is 0 Å². The molecule has 2 saturated heterocycles. The molecule has 2 heterocycles. The Bertz CT molecular complexity index is 273. The largest absolute Gasteiger partial charge is 0.369 e. The lowest BCUT2D eigenvalue weighted by molar-refractivity contribution is 0.162. The summed E-state index contributed by atoms with van der Waals surface area (Å²) in [6.07, 6.45) is 5.58. The maximum absolute atomic E-state index is 5.69. The Morgan fingerprint density at radius 3 is 2.67 bits per heavy atom. The van der Waals surface area contributed by atoms with E-state index in [-0.39, 0.29) is 0 Å². The zero-order valence-corrected chi connectivity index (χ0v) is 6.85. The van der Waals surface area contributed by atoms with Gasteiger partial charge in [0.2, 0.25) is 0 Å². The molecule has 0 radical (unpaired) electrons. The Hall–Kier alpha value is -0.0800. The van der Waals surface area contributed by atoms with Crippen molar-refractivity contribution in [3.05, 3.63) is 0 Å². The van der Waals surface area contributed by atoms with Crippen LogP contribution in [0.4, 0.5) is 0 Å². The second-order valence-electron chi connectivity index (χ2n) is 5.24. The van der Waals surface area contributed by atoms with Crippen molar-refractivity contribution in [3.8, 4) is 0 Å². The van der Waals surface area contributed by atoms with E-state index in [9.17, 15) is 0 Å². The first-order valence-corrected chi connectivity index (χ1v) is 5.24. The molecule has 0 aromatic heterocycles. The van der Waals surface area contributed by atoms with E-state index in [1.54, 1.807) is 0 Å². The number of hydrogen-bond acceptors (Lipinski definition) is 2. The van der Waals surface area contributed by atoms with Crippen LogP contribution in [0, 0.1) is 23.7 Å². The maximum atomic E-state index is 5.69. The van der Waals surface area contributed by atoms with Crippen molar-refractivity contribution in [1.29, 1.82) is 0 Å². The van der Waals surface area contributed by atoms with E-state index in [4.69, 9.17) is 9.47 Å². The lowest BCUT2D eigenvalue weighted by Gasteiger charge is -2.22. The molecule has 5 rings (SSSR count). The molecule has 0 aromatic carbocycles. The van der Waals surface area contributed by atoms with Crippen LogP contribution in [0.15, 0.2) is 0 Å². The normalized spacial score (nSPS) is 80.0. The monoisotopic (exact) mass is 164 g/mol. The Morgan fingerprint density at radius 2 is 1.67 bits per heavy atom. The minimum Gasteiger partial charge on any atom is -0.369 e. The minimum absolute atomic E-state index is 0.676. The smallest absolute Gasteiger partial charge is 0.0876 e. The van der Waals surface area contributed by atoms with E-state index in [0.29, 0.717) is 24.4 Å². The third-order valence-electron chi connectivity index (χ3n) is 4.99. The average Bonchev–Trinajstić information content (AvgIpc) is 2.92.